The number of hydrogen-bond acceptors (Lipinski definition) is 3. The van der Waals surface area contributed by atoms with Gasteiger partial charge in [0.15, 0.2) is 5.78 Å². The average Bonchev–Trinajstić information content (AvgIpc) is 2.95. The van der Waals surface area contributed by atoms with Gasteiger partial charge in [-0.15, -0.1) is 0 Å². The van der Waals surface area contributed by atoms with Crippen molar-refractivity contribution in [1.29, 1.82) is 0 Å². The predicted octanol–water partition coefficient (Wildman–Crippen LogP) is 3.04. The fourth-order valence-electron chi connectivity index (χ4n) is 2.48. The maximum Gasteiger partial charge on any atom is 0.303 e. The number of rotatable bonds is 7. The molecule has 0 radical (unpaired) electrons. The Labute approximate surface area is 129 Å². The summed E-state index contributed by atoms with van der Waals surface area (Å²) in [4.78, 5) is 26.8. The van der Waals surface area contributed by atoms with Gasteiger partial charge in [-0.25, -0.2) is 4.98 Å². The van der Waals surface area contributed by atoms with Gasteiger partial charge in [0.25, 0.3) is 0 Å². The van der Waals surface area contributed by atoms with Crippen LogP contribution in [-0.2, 0) is 17.6 Å². The molecule has 22 heavy (non-hydrogen) atoms. The summed E-state index contributed by atoms with van der Waals surface area (Å²) in [6.07, 6.45) is 3.48. The summed E-state index contributed by atoms with van der Waals surface area (Å²) in [5.41, 5.74) is 3.76. The van der Waals surface area contributed by atoms with E-state index in [2.05, 4.69) is 18.8 Å². The number of carboxylic acid groups (broad SMARTS) is 1. The molecule has 1 N–H and O–H groups in total. The highest BCUT2D eigenvalue weighted by atomic mass is 16.4. The number of carbonyl (C=O) groups excluding carboxylic acids is 1. The van der Waals surface area contributed by atoms with E-state index in [0.29, 0.717) is 5.56 Å². The summed E-state index contributed by atoms with van der Waals surface area (Å²) in [7, 11) is 0. The Bertz CT molecular complexity index is 672. The van der Waals surface area contributed by atoms with Gasteiger partial charge in [-0.2, -0.15) is 0 Å². The zero-order valence-corrected chi connectivity index (χ0v) is 12.9. The Hall–Kier alpha value is -2.43. The number of aromatic nitrogens is 2. The Morgan fingerprint density at radius 3 is 2.32 bits per heavy atom. The summed E-state index contributed by atoms with van der Waals surface area (Å²) < 4.78 is 2.03. The summed E-state index contributed by atoms with van der Waals surface area (Å²) in [6.45, 7) is 4.17. The first kappa shape index (κ1) is 15.9. The molecule has 1 aromatic heterocycles. The standard InChI is InChI=1S/C17H20N2O3/c1-3-14-15(4-2)19(11-18-14)13-7-5-12(6-8-13)16(20)9-10-17(21)22/h5-8,11H,3-4,9-10H2,1-2H3,(H,21,22). The van der Waals surface area contributed by atoms with Crippen molar-refractivity contribution in [2.75, 3.05) is 0 Å². The number of imidazole rings is 1. The van der Waals surface area contributed by atoms with Crippen molar-refractivity contribution in [3.05, 3.63) is 47.5 Å². The molecule has 0 fully saturated rings. The lowest BCUT2D eigenvalue weighted by atomic mass is 10.1. The van der Waals surface area contributed by atoms with Crippen LogP contribution in [-0.4, -0.2) is 26.4 Å². The Kier molecular flexibility index (Phi) is 5.09. The molecule has 0 amide bonds. The Balaban J connectivity index is 2.20. The lowest BCUT2D eigenvalue weighted by molar-refractivity contribution is -0.136. The first-order valence-electron chi connectivity index (χ1n) is 7.47. The van der Waals surface area contributed by atoms with Crippen molar-refractivity contribution in [2.45, 2.75) is 39.5 Å². The van der Waals surface area contributed by atoms with Gasteiger partial charge < -0.3 is 9.67 Å². The monoisotopic (exact) mass is 300 g/mol. The first-order valence-corrected chi connectivity index (χ1v) is 7.47. The molecule has 1 heterocycles. The van der Waals surface area contributed by atoms with Gasteiger partial charge in [0.05, 0.1) is 18.4 Å². The van der Waals surface area contributed by atoms with E-state index in [-0.39, 0.29) is 18.6 Å². The van der Waals surface area contributed by atoms with Gasteiger partial charge in [0, 0.05) is 23.4 Å². The number of benzene rings is 1. The third-order valence-electron chi connectivity index (χ3n) is 3.66. The van der Waals surface area contributed by atoms with Crippen molar-refractivity contribution >= 4 is 11.8 Å². The maximum atomic E-state index is 11.9. The van der Waals surface area contributed by atoms with E-state index in [4.69, 9.17) is 5.11 Å². The number of carbonyl (C=O) groups is 2. The van der Waals surface area contributed by atoms with E-state index in [0.717, 1.165) is 24.2 Å². The van der Waals surface area contributed by atoms with E-state index >= 15 is 0 Å². The lowest BCUT2D eigenvalue weighted by Crippen LogP contribution is -2.05. The second-order valence-corrected chi connectivity index (χ2v) is 5.08. The molecule has 0 atom stereocenters. The molecule has 116 valence electrons. The molecule has 0 unspecified atom stereocenters. The van der Waals surface area contributed by atoms with Crippen molar-refractivity contribution in [3.63, 3.8) is 0 Å². The van der Waals surface area contributed by atoms with Crippen LogP contribution in [0.3, 0.4) is 0 Å². The van der Waals surface area contributed by atoms with Gasteiger partial charge in [-0.1, -0.05) is 13.8 Å². The van der Waals surface area contributed by atoms with Crippen molar-refractivity contribution in [3.8, 4) is 5.69 Å². The molecular weight excluding hydrogens is 280 g/mol. The smallest absolute Gasteiger partial charge is 0.303 e. The number of carboxylic acids is 1. The van der Waals surface area contributed by atoms with Gasteiger partial charge in [0.1, 0.15) is 0 Å². The molecule has 0 aliphatic rings. The van der Waals surface area contributed by atoms with Crippen LogP contribution in [0.2, 0.25) is 0 Å². The van der Waals surface area contributed by atoms with Crippen LogP contribution in [0.15, 0.2) is 30.6 Å². The molecule has 2 rings (SSSR count). The zero-order valence-electron chi connectivity index (χ0n) is 12.9. The molecule has 0 saturated carbocycles. The molecule has 0 spiro atoms. The van der Waals surface area contributed by atoms with Crippen LogP contribution in [0.4, 0.5) is 0 Å². The van der Waals surface area contributed by atoms with Crippen molar-refractivity contribution < 1.29 is 14.7 Å². The summed E-state index contributed by atoms with van der Waals surface area (Å²) in [5.74, 6) is -1.10. The molecule has 0 aliphatic carbocycles. The highest BCUT2D eigenvalue weighted by molar-refractivity contribution is 5.97. The summed E-state index contributed by atoms with van der Waals surface area (Å²) in [5, 5.41) is 8.62. The van der Waals surface area contributed by atoms with E-state index in [9.17, 15) is 9.59 Å². The third kappa shape index (κ3) is 3.42. The van der Waals surface area contributed by atoms with Gasteiger partial charge >= 0.3 is 5.97 Å². The zero-order chi connectivity index (χ0) is 16.1. The quantitative estimate of drug-likeness (QED) is 0.798. The number of aliphatic carboxylic acids is 1. The number of ketones is 1. The van der Waals surface area contributed by atoms with E-state index in [1.165, 1.54) is 5.69 Å². The van der Waals surface area contributed by atoms with E-state index < -0.39 is 5.97 Å². The highest BCUT2D eigenvalue weighted by Gasteiger charge is 2.11. The molecule has 0 saturated heterocycles. The van der Waals surface area contributed by atoms with Gasteiger partial charge in [-0.3, -0.25) is 9.59 Å². The summed E-state index contributed by atoms with van der Waals surface area (Å²) >= 11 is 0. The Morgan fingerprint density at radius 1 is 1.09 bits per heavy atom. The SMILES string of the molecule is CCc1ncn(-c2ccc(C(=O)CCC(=O)O)cc2)c1CC. The fraction of sp³-hybridized carbons (Fsp3) is 0.353. The Morgan fingerprint density at radius 2 is 1.77 bits per heavy atom. The molecule has 0 aliphatic heterocycles. The molecule has 0 bridgehead atoms. The number of nitrogens with zero attached hydrogens (tertiary/aromatic N) is 2. The van der Waals surface area contributed by atoms with Crippen LogP contribution < -0.4 is 0 Å². The largest absolute Gasteiger partial charge is 0.481 e. The average molecular weight is 300 g/mol. The van der Waals surface area contributed by atoms with E-state index in [1.54, 1.807) is 18.5 Å². The van der Waals surface area contributed by atoms with Crippen LogP contribution in [0.25, 0.3) is 5.69 Å². The molecule has 5 nitrogen and oxygen atoms in total. The molecule has 2 aromatic rings. The second-order valence-electron chi connectivity index (χ2n) is 5.08. The van der Waals surface area contributed by atoms with Crippen molar-refractivity contribution in [1.82, 2.24) is 9.55 Å². The minimum atomic E-state index is -0.955. The highest BCUT2D eigenvalue weighted by Crippen LogP contribution is 2.17. The van der Waals surface area contributed by atoms with Gasteiger partial charge in [0.2, 0.25) is 0 Å². The second kappa shape index (κ2) is 7.02. The number of Topliss-reactive ketones (excluding diaryl/α,β-unsaturated/α-hetero) is 1. The molecule has 5 heteroatoms. The molecular formula is C17H20N2O3. The van der Waals surface area contributed by atoms with Crippen LogP contribution >= 0.6 is 0 Å². The fourth-order valence-corrected chi connectivity index (χ4v) is 2.48. The minimum Gasteiger partial charge on any atom is -0.481 e. The number of hydrogen-bond donors (Lipinski definition) is 1. The minimum absolute atomic E-state index is 0.0277. The van der Waals surface area contributed by atoms with Crippen LogP contribution in [0.1, 0.15) is 48.4 Å². The normalized spacial score (nSPS) is 10.6. The summed E-state index contributed by atoms with van der Waals surface area (Å²) in [6, 6.07) is 7.22. The lowest BCUT2D eigenvalue weighted by Gasteiger charge is -2.09. The molecule has 1 aromatic carbocycles. The van der Waals surface area contributed by atoms with Crippen LogP contribution in [0.5, 0.6) is 0 Å². The van der Waals surface area contributed by atoms with E-state index in [1.807, 2.05) is 16.7 Å². The topological polar surface area (TPSA) is 72.2 Å². The maximum absolute atomic E-state index is 11.9. The third-order valence-corrected chi connectivity index (χ3v) is 3.66. The number of aryl methyl sites for hydroxylation is 1. The van der Waals surface area contributed by atoms with Crippen LogP contribution in [0, 0.1) is 0 Å². The first-order chi connectivity index (χ1) is 10.6. The van der Waals surface area contributed by atoms with Crippen molar-refractivity contribution in [2.24, 2.45) is 0 Å². The predicted molar refractivity (Wildman–Crippen MR) is 83.5 cm³/mol. The van der Waals surface area contributed by atoms with Gasteiger partial charge in [-0.05, 0) is 37.1 Å².